The Morgan fingerprint density at radius 3 is 2.22 bits per heavy atom. The van der Waals surface area contributed by atoms with Crippen LogP contribution in [0.25, 0.3) is 0 Å². The van der Waals surface area contributed by atoms with Gasteiger partial charge in [-0.1, -0.05) is 45.0 Å². The summed E-state index contributed by atoms with van der Waals surface area (Å²) in [4.78, 5) is 10.9. The zero-order valence-electron chi connectivity index (χ0n) is 11.2. The van der Waals surface area contributed by atoms with Crippen molar-refractivity contribution in [1.82, 2.24) is 0 Å². The summed E-state index contributed by atoms with van der Waals surface area (Å²) in [5.41, 5.74) is 1.74. The van der Waals surface area contributed by atoms with Gasteiger partial charge in [0.15, 0.2) is 0 Å². The summed E-state index contributed by atoms with van der Waals surface area (Å²) in [6.07, 6.45) is 0.829. The first kappa shape index (κ1) is 13.1. The second-order valence-corrected chi connectivity index (χ2v) is 5.99. The number of rotatable bonds is 3. The molecule has 1 atom stereocenters. The third kappa shape index (κ3) is 2.41. The molecule has 0 spiro atoms. The maximum Gasteiger partial charge on any atom is 0.306 e. The second kappa shape index (κ2) is 4.39. The van der Waals surface area contributed by atoms with Gasteiger partial charge in [-0.05, 0) is 16.5 Å². The molecule has 0 aromatic heterocycles. The molecule has 2 rings (SSSR count). The number of carbonyl (C=O) groups is 1. The SMILES string of the molecule is CC(C)(C)c1ccc(C2(CC(=O)O)CCO2)cc1. The quantitative estimate of drug-likeness (QED) is 0.894. The smallest absolute Gasteiger partial charge is 0.306 e. The van der Waals surface area contributed by atoms with Crippen molar-refractivity contribution < 1.29 is 14.6 Å². The molecular weight excluding hydrogens is 228 g/mol. The molecule has 18 heavy (non-hydrogen) atoms. The van der Waals surface area contributed by atoms with Gasteiger partial charge in [-0.2, -0.15) is 0 Å². The fraction of sp³-hybridized carbons (Fsp3) is 0.533. The molecule has 1 fully saturated rings. The Balaban J connectivity index is 2.25. The van der Waals surface area contributed by atoms with E-state index in [0.717, 1.165) is 12.0 Å². The lowest BCUT2D eigenvalue weighted by atomic mass is 9.81. The lowest BCUT2D eigenvalue weighted by Crippen LogP contribution is -2.42. The Morgan fingerprint density at radius 1 is 1.33 bits per heavy atom. The van der Waals surface area contributed by atoms with Crippen molar-refractivity contribution in [3.63, 3.8) is 0 Å². The largest absolute Gasteiger partial charge is 0.481 e. The number of ether oxygens (including phenoxy) is 1. The van der Waals surface area contributed by atoms with Crippen LogP contribution in [0.5, 0.6) is 0 Å². The van der Waals surface area contributed by atoms with Gasteiger partial charge in [-0.3, -0.25) is 4.79 Å². The van der Waals surface area contributed by atoms with E-state index in [9.17, 15) is 4.79 Å². The summed E-state index contributed by atoms with van der Waals surface area (Å²) >= 11 is 0. The number of carboxylic acid groups (broad SMARTS) is 1. The third-order valence-electron chi connectivity index (χ3n) is 3.60. The van der Waals surface area contributed by atoms with Crippen LogP contribution in [0.15, 0.2) is 24.3 Å². The molecule has 0 bridgehead atoms. The van der Waals surface area contributed by atoms with Crippen LogP contribution < -0.4 is 0 Å². The topological polar surface area (TPSA) is 46.5 Å². The Bertz CT molecular complexity index is 436. The standard InChI is InChI=1S/C15H20O3/c1-14(2,3)11-4-6-12(7-5-11)15(8-9-18-15)10-13(16)17/h4-7H,8-10H2,1-3H3,(H,16,17). The van der Waals surface area contributed by atoms with Crippen LogP contribution in [0.4, 0.5) is 0 Å². The van der Waals surface area contributed by atoms with Gasteiger partial charge in [0.05, 0.1) is 13.0 Å². The van der Waals surface area contributed by atoms with Crippen molar-refractivity contribution in [3.8, 4) is 0 Å². The molecule has 1 aromatic carbocycles. The molecule has 0 aliphatic carbocycles. The maximum absolute atomic E-state index is 10.9. The number of carboxylic acids is 1. The molecule has 1 unspecified atom stereocenters. The molecule has 3 nitrogen and oxygen atoms in total. The molecule has 3 heteroatoms. The average Bonchev–Trinajstić information content (AvgIpc) is 2.22. The highest BCUT2D eigenvalue weighted by Crippen LogP contribution is 2.41. The lowest BCUT2D eigenvalue weighted by Gasteiger charge is -2.41. The molecule has 1 aliphatic rings. The number of benzene rings is 1. The highest BCUT2D eigenvalue weighted by molar-refractivity contribution is 5.69. The number of hydrogen-bond acceptors (Lipinski definition) is 2. The first-order valence-electron chi connectivity index (χ1n) is 6.30. The minimum absolute atomic E-state index is 0.0435. The summed E-state index contributed by atoms with van der Waals surface area (Å²) < 4.78 is 5.56. The third-order valence-corrected chi connectivity index (χ3v) is 3.60. The molecule has 0 saturated carbocycles. The monoisotopic (exact) mass is 248 g/mol. The van der Waals surface area contributed by atoms with Gasteiger partial charge in [-0.15, -0.1) is 0 Å². The molecule has 0 radical (unpaired) electrons. The molecule has 1 N–H and O–H groups in total. The molecular formula is C15H20O3. The van der Waals surface area contributed by atoms with Crippen LogP contribution in [-0.2, 0) is 20.5 Å². The molecule has 1 aliphatic heterocycles. The molecule has 98 valence electrons. The Hall–Kier alpha value is -1.35. The Morgan fingerprint density at radius 2 is 1.89 bits per heavy atom. The highest BCUT2D eigenvalue weighted by Gasteiger charge is 2.42. The van der Waals surface area contributed by atoms with E-state index >= 15 is 0 Å². The van der Waals surface area contributed by atoms with Crippen molar-refractivity contribution in [1.29, 1.82) is 0 Å². The Kier molecular flexibility index (Phi) is 3.20. The summed E-state index contributed by atoms with van der Waals surface area (Å²) in [6, 6.07) is 8.15. The minimum atomic E-state index is -0.811. The van der Waals surface area contributed by atoms with E-state index in [4.69, 9.17) is 9.84 Å². The van der Waals surface area contributed by atoms with E-state index in [-0.39, 0.29) is 11.8 Å². The van der Waals surface area contributed by atoms with Crippen LogP contribution >= 0.6 is 0 Å². The lowest BCUT2D eigenvalue weighted by molar-refractivity contribution is -0.176. The van der Waals surface area contributed by atoms with Crippen LogP contribution in [-0.4, -0.2) is 17.7 Å². The van der Waals surface area contributed by atoms with Gasteiger partial charge in [-0.25, -0.2) is 0 Å². The summed E-state index contributed by atoms with van der Waals surface area (Å²) in [5, 5.41) is 8.98. The normalized spacial score (nSPS) is 23.5. The first-order chi connectivity index (χ1) is 8.33. The van der Waals surface area contributed by atoms with E-state index in [0.29, 0.717) is 6.61 Å². The summed E-state index contributed by atoms with van der Waals surface area (Å²) in [7, 11) is 0. The summed E-state index contributed by atoms with van der Waals surface area (Å²) in [6.45, 7) is 7.13. The zero-order valence-corrected chi connectivity index (χ0v) is 11.2. The maximum atomic E-state index is 10.9. The second-order valence-electron chi connectivity index (χ2n) is 5.99. The fourth-order valence-electron chi connectivity index (χ4n) is 2.34. The van der Waals surface area contributed by atoms with E-state index < -0.39 is 11.6 Å². The van der Waals surface area contributed by atoms with Crippen LogP contribution in [0.3, 0.4) is 0 Å². The van der Waals surface area contributed by atoms with Crippen LogP contribution in [0.1, 0.15) is 44.7 Å². The van der Waals surface area contributed by atoms with E-state index in [1.165, 1.54) is 5.56 Å². The van der Waals surface area contributed by atoms with Gasteiger partial charge in [0, 0.05) is 6.42 Å². The fourth-order valence-corrected chi connectivity index (χ4v) is 2.34. The number of hydrogen-bond donors (Lipinski definition) is 1. The minimum Gasteiger partial charge on any atom is -0.481 e. The van der Waals surface area contributed by atoms with Crippen molar-refractivity contribution in [2.45, 2.75) is 44.6 Å². The van der Waals surface area contributed by atoms with Crippen molar-refractivity contribution in [2.75, 3.05) is 6.61 Å². The predicted molar refractivity (Wildman–Crippen MR) is 69.6 cm³/mol. The van der Waals surface area contributed by atoms with E-state index in [2.05, 4.69) is 32.9 Å². The first-order valence-corrected chi connectivity index (χ1v) is 6.30. The van der Waals surface area contributed by atoms with Crippen LogP contribution in [0, 0.1) is 0 Å². The molecule has 1 aromatic rings. The molecule has 1 heterocycles. The van der Waals surface area contributed by atoms with Crippen molar-refractivity contribution in [2.24, 2.45) is 0 Å². The summed E-state index contributed by atoms with van der Waals surface area (Å²) in [5.74, 6) is -0.811. The number of aliphatic carboxylic acids is 1. The highest BCUT2D eigenvalue weighted by atomic mass is 16.5. The Labute approximate surface area is 108 Å². The molecule has 1 saturated heterocycles. The van der Waals surface area contributed by atoms with Gasteiger partial charge < -0.3 is 9.84 Å². The molecule has 0 amide bonds. The average molecular weight is 248 g/mol. The van der Waals surface area contributed by atoms with Gasteiger partial charge in [0.2, 0.25) is 0 Å². The van der Waals surface area contributed by atoms with Gasteiger partial charge in [0.1, 0.15) is 5.60 Å². The predicted octanol–water partition coefficient (Wildman–Crippen LogP) is 3.07. The van der Waals surface area contributed by atoms with Gasteiger partial charge in [0.25, 0.3) is 0 Å². The van der Waals surface area contributed by atoms with Crippen molar-refractivity contribution in [3.05, 3.63) is 35.4 Å². The van der Waals surface area contributed by atoms with Gasteiger partial charge >= 0.3 is 5.97 Å². The van der Waals surface area contributed by atoms with E-state index in [1.807, 2.05) is 12.1 Å². The van der Waals surface area contributed by atoms with Crippen molar-refractivity contribution >= 4 is 5.97 Å². The van der Waals surface area contributed by atoms with Crippen LogP contribution in [0.2, 0.25) is 0 Å². The zero-order chi connectivity index (χ0) is 13.4. The van der Waals surface area contributed by atoms with E-state index in [1.54, 1.807) is 0 Å².